The normalized spacial score (nSPS) is 12.0. The van der Waals surface area contributed by atoms with Gasteiger partial charge in [-0.2, -0.15) is 10.2 Å². The van der Waals surface area contributed by atoms with Crippen LogP contribution < -0.4 is 5.32 Å². The summed E-state index contributed by atoms with van der Waals surface area (Å²) in [6.07, 6.45) is 3.10. The maximum atomic E-state index is 11.1. The Morgan fingerprint density at radius 1 is 1.41 bits per heavy atom. The second kappa shape index (κ2) is 6.94. The van der Waals surface area contributed by atoms with Gasteiger partial charge in [0.25, 0.3) is 0 Å². The zero-order chi connectivity index (χ0) is 16.1. The molecule has 2 heterocycles. The highest BCUT2D eigenvalue weighted by molar-refractivity contribution is 8.26. The maximum Gasteiger partial charge on any atom is 0.222 e. The van der Waals surface area contributed by atoms with Crippen LogP contribution in [0, 0.1) is 6.92 Å². The fraction of sp³-hybridized carbons (Fsp3) is 0.231. The van der Waals surface area contributed by atoms with Crippen molar-refractivity contribution >= 4 is 45.2 Å². The highest BCUT2D eigenvalue weighted by atomic mass is 32.2. The number of carbonyl (C=O) groups excluding carboxylic acids is 2. The highest BCUT2D eigenvalue weighted by Gasteiger charge is 2.06. The first kappa shape index (κ1) is 15.8. The van der Waals surface area contributed by atoms with Crippen molar-refractivity contribution in [3.63, 3.8) is 0 Å². The Morgan fingerprint density at radius 2 is 2.18 bits per heavy atom. The molecule has 114 valence electrons. The molecule has 0 bridgehead atoms. The monoisotopic (exact) mass is 318 g/mol. The number of fused-ring (bicyclic) bond motifs is 1. The van der Waals surface area contributed by atoms with Crippen LogP contribution in [0.1, 0.15) is 25.1 Å². The van der Waals surface area contributed by atoms with Gasteiger partial charge >= 0.3 is 0 Å². The number of thioether (sulfide) groups is 1. The molecule has 0 saturated heterocycles. The smallest absolute Gasteiger partial charge is 0.222 e. The van der Waals surface area contributed by atoms with Gasteiger partial charge in [-0.25, -0.2) is 4.98 Å². The SMILES string of the molecule is CC(=O)NC(=N/N=C/c1cnc2n[nH]c(C)c2c1)SC(C)=O. The van der Waals surface area contributed by atoms with Crippen LogP contribution >= 0.6 is 11.8 Å². The third-order valence-corrected chi connectivity index (χ3v) is 3.16. The number of aromatic amines is 1. The van der Waals surface area contributed by atoms with E-state index in [-0.39, 0.29) is 16.2 Å². The third-order valence-electron chi connectivity index (χ3n) is 2.50. The molecule has 0 aromatic carbocycles. The summed E-state index contributed by atoms with van der Waals surface area (Å²) in [5.41, 5.74) is 2.27. The lowest BCUT2D eigenvalue weighted by Crippen LogP contribution is -2.26. The first-order chi connectivity index (χ1) is 10.5. The highest BCUT2D eigenvalue weighted by Crippen LogP contribution is 2.13. The van der Waals surface area contributed by atoms with Crippen LogP contribution in [0.15, 0.2) is 22.5 Å². The number of H-pyrrole nitrogens is 1. The zero-order valence-corrected chi connectivity index (χ0v) is 13.1. The van der Waals surface area contributed by atoms with Gasteiger partial charge in [0.15, 0.2) is 15.9 Å². The second-order valence-electron chi connectivity index (χ2n) is 4.41. The van der Waals surface area contributed by atoms with Crippen LogP contribution in [0.5, 0.6) is 0 Å². The molecule has 0 aliphatic heterocycles. The van der Waals surface area contributed by atoms with Crippen molar-refractivity contribution in [3.8, 4) is 0 Å². The Kier molecular flexibility index (Phi) is 4.99. The number of hydrogen-bond donors (Lipinski definition) is 2. The Labute approximate surface area is 130 Å². The first-order valence-corrected chi connectivity index (χ1v) is 7.15. The van der Waals surface area contributed by atoms with Gasteiger partial charge in [0.1, 0.15) is 0 Å². The Morgan fingerprint density at radius 3 is 2.86 bits per heavy atom. The van der Waals surface area contributed by atoms with E-state index >= 15 is 0 Å². The van der Waals surface area contributed by atoms with E-state index in [1.165, 1.54) is 20.1 Å². The summed E-state index contributed by atoms with van der Waals surface area (Å²) in [5.74, 6) is -0.320. The van der Waals surface area contributed by atoms with Crippen molar-refractivity contribution in [2.75, 3.05) is 0 Å². The average molecular weight is 318 g/mol. The van der Waals surface area contributed by atoms with E-state index in [9.17, 15) is 9.59 Å². The Balaban J connectivity index is 2.19. The van der Waals surface area contributed by atoms with E-state index in [4.69, 9.17) is 0 Å². The summed E-state index contributed by atoms with van der Waals surface area (Å²) >= 11 is 0.804. The number of aryl methyl sites for hydroxylation is 1. The van der Waals surface area contributed by atoms with Crippen LogP contribution in [0.25, 0.3) is 11.0 Å². The van der Waals surface area contributed by atoms with Gasteiger partial charge in [-0.05, 0) is 24.8 Å². The van der Waals surface area contributed by atoms with Gasteiger partial charge in [-0.15, -0.1) is 5.10 Å². The van der Waals surface area contributed by atoms with Crippen molar-refractivity contribution in [3.05, 3.63) is 23.5 Å². The Hall–Kier alpha value is -2.55. The van der Waals surface area contributed by atoms with Crippen LogP contribution in [-0.2, 0) is 9.59 Å². The number of pyridine rings is 1. The summed E-state index contributed by atoms with van der Waals surface area (Å²) in [6.45, 7) is 4.61. The minimum absolute atomic E-state index is 0.129. The minimum Gasteiger partial charge on any atom is -0.304 e. The molecule has 2 aromatic rings. The predicted octanol–water partition coefficient (Wildman–Crippen LogP) is 1.37. The van der Waals surface area contributed by atoms with Gasteiger partial charge in [-0.3, -0.25) is 14.7 Å². The molecule has 2 N–H and O–H groups in total. The number of nitrogens with zero attached hydrogens (tertiary/aromatic N) is 4. The number of amidine groups is 1. The largest absolute Gasteiger partial charge is 0.304 e. The standard InChI is InChI=1S/C13H14N6O2S/c1-7-11-4-10(5-14-12(11)18-17-7)6-15-19-13(16-8(2)20)22-9(3)21/h4-6H,1-3H3,(H,14,17,18)(H,16,19,20)/b15-6+. The summed E-state index contributed by atoms with van der Waals surface area (Å²) < 4.78 is 0. The van der Waals surface area contributed by atoms with Crippen molar-refractivity contribution in [1.82, 2.24) is 20.5 Å². The fourth-order valence-electron chi connectivity index (χ4n) is 1.61. The minimum atomic E-state index is -0.320. The van der Waals surface area contributed by atoms with Crippen LogP contribution in [-0.4, -0.2) is 37.6 Å². The average Bonchev–Trinajstić information content (AvgIpc) is 2.79. The molecule has 0 saturated carbocycles. The van der Waals surface area contributed by atoms with Gasteiger partial charge < -0.3 is 5.32 Å². The van der Waals surface area contributed by atoms with Crippen LogP contribution in [0.4, 0.5) is 0 Å². The molecule has 2 rings (SSSR count). The van der Waals surface area contributed by atoms with Gasteiger partial charge in [0.05, 0.1) is 6.21 Å². The molecule has 9 heteroatoms. The quantitative estimate of drug-likeness (QED) is 0.493. The molecule has 0 fully saturated rings. The zero-order valence-electron chi connectivity index (χ0n) is 12.2. The molecule has 0 unspecified atom stereocenters. The lowest BCUT2D eigenvalue weighted by Gasteiger charge is -2.00. The number of amides is 1. The summed E-state index contributed by atoms with van der Waals surface area (Å²) in [5, 5.41) is 17.9. The van der Waals surface area contributed by atoms with Crippen molar-refractivity contribution in [2.45, 2.75) is 20.8 Å². The number of nitrogens with one attached hydrogen (secondary N) is 2. The van der Waals surface area contributed by atoms with Crippen LogP contribution in [0.2, 0.25) is 0 Å². The van der Waals surface area contributed by atoms with E-state index in [0.717, 1.165) is 28.4 Å². The van der Waals surface area contributed by atoms with E-state index in [2.05, 4.69) is 30.7 Å². The molecule has 8 nitrogen and oxygen atoms in total. The fourth-order valence-corrected chi connectivity index (χ4v) is 2.17. The van der Waals surface area contributed by atoms with E-state index in [1.807, 2.05) is 13.0 Å². The summed E-state index contributed by atoms with van der Waals surface area (Å²) in [7, 11) is 0. The second-order valence-corrected chi connectivity index (χ2v) is 5.58. The molecule has 0 radical (unpaired) electrons. The maximum absolute atomic E-state index is 11.1. The summed E-state index contributed by atoms with van der Waals surface area (Å²) in [6, 6.07) is 1.87. The lowest BCUT2D eigenvalue weighted by atomic mass is 10.2. The van der Waals surface area contributed by atoms with E-state index in [0.29, 0.717) is 5.65 Å². The predicted molar refractivity (Wildman–Crippen MR) is 85.7 cm³/mol. The van der Waals surface area contributed by atoms with Crippen molar-refractivity contribution < 1.29 is 9.59 Å². The number of hydrogen-bond acceptors (Lipinski definition) is 7. The van der Waals surface area contributed by atoms with Crippen molar-refractivity contribution in [2.24, 2.45) is 10.2 Å². The molecular formula is C13H14N6O2S. The number of carbonyl (C=O) groups is 2. The molecule has 22 heavy (non-hydrogen) atoms. The topological polar surface area (TPSA) is 112 Å². The van der Waals surface area contributed by atoms with Crippen LogP contribution in [0.3, 0.4) is 0 Å². The number of rotatable bonds is 2. The first-order valence-electron chi connectivity index (χ1n) is 6.33. The van der Waals surface area contributed by atoms with Gasteiger partial charge in [0.2, 0.25) is 5.91 Å². The molecular weight excluding hydrogens is 304 g/mol. The summed E-state index contributed by atoms with van der Waals surface area (Å²) in [4.78, 5) is 26.3. The van der Waals surface area contributed by atoms with Gasteiger partial charge in [-0.1, -0.05) is 0 Å². The van der Waals surface area contributed by atoms with Crippen molar-refractivity contribution in [1.29, 1.82) is 0 Å². The molecule has 2 aromatic heterocycles. The molecule has 0 aliphatic rings. The van der Waals surface area contributed by atoms with E-state index < -0.39 is 0 Å². The molecule has 0 aliphatic carbocycles. The Bertz CT molecular complexity index is 762. The lowest BCUT2D eigenvalue weighted by molar-refractivity contribution is -0.117. The third kappa shape index (κ3) is 4.22. The molecule has 0 atom stereocenters. The number of aromatic nitrogens is 3. The van der Waals surface area contributed by atoms with E-state index in [1.54, 1.807) is 6.20 Å². The molecule has 0 spiro atoms. The van der Waals surface area contributed by atoms with Gasteiger partial charge in [0, 0.05) is 36.7 Å². The molecule has 1 amide bonds.